The molecule has 0 atom stereocenters. The van der Waals surface area contributed by atoms with E-state index in [0.717, 1.165) is 36.9 Å². The topological polar surface area (TPSA) is 58.3 Å². The fourth-order valence-electron chi connectivity index (χ4n) is 2.68. The van der Waals surface area contributed by atoms with Gasteiger partial charge in [-0.05, 0) is 12.1 Å². The standard InChI is InChI=1S/C16H17N5OS/c1-2-4-13(5-3-1)15-19-18-14(22-15)12-20-7-9-21(10-8-20)16-17-6-11-23-16/h1-6,11H,7-10,12H2. The number of benzene rings is 1. The van der Waals surface area contributed by atoms with Crippen molar-refractivity contribution in [3.63, 3.8) is 0 Å². The molecule has 118 valence electrons. The maximum absolute atomic E-state index is 5.78. The number of hydrogen-bond acceptors (Lipinski definition) is 7. The molecule has 23 heavy (non-hydrogen) atoms. The highest BCUT2D eigenvalue weighted by Crippen LogP contribution is 2.21. The molecule has 3 aromatic rings. The summed E-state index contributed by atoms with van der Waals surface area (Å²) in [6.07, 6.45) is 1.86. The Labute approximate surface area is 138 Å². The van der Waals surface area contributed by atoms with Crippen molar-refractivity contribution < 1.29 is 4.42 Å². The first-order valence-electron chi connectivity index (χ1n) is 7.63. The predicted molar refractivity (Wildman–Crippen MR) is 89.3 cm³/mol. The molecule has 0 aliphatic carbocycles. The maximum Gasteiger partial charge on any atom is 0.247 e. The summed E-state index contributed by atoms with van der Waals surface area (Å²) in [4.78, 5) is 9.03. The van der Waals surface area contributed by atoms with E-state index in [1.807, 2.05) is 41.9 Å². The molecule has 0 unspecified atom stereocenters. The first-order chi connectivity index (χ1) is 11.4. The van der Waals surface area contributed by atoms with Gasteiger partial charge in [0.05, 0.1) is 6.54 Å². The van der Waals surface area contributed by atoms with Crippen LogP contribution in [0, 0.1) is 0 Å². The summed E-state index contributed by atoms with van der Waals surface area (Å²) in [6, 6.07) is 9.87. The van der Waals surface area contributed by atoms with Gasteiger partial charge in [0.15, 0.2) is 5.13 Å². The lowest BCUT2D eigenvalue weighted by Gasteiger charge is -2.33. The number of thiazole rings is 1. The van der Waals surface area contributed by atoms with Crippen molar-refractivity contribution in [2.45, 2.75) is 6.54 Å². The minimum absolute atomic E-state index is 0.585. The third kappa shape index (κ3) is 3.25. The Hall–Kier alpha value is -2.25. The van der Waals surface area contributed by atoms with E-state index < -0.39 is 0 Å². The van der Waals surface area contributed by atoms with E-state index in [1.54, 1.807) is 11.3 Å². The molecule has 0 N–H and O–H groups in total. The van der Waals surface area contributed by atoms with E-state index in [0.29, 0.717) is 18.3 Å². The highest BCUT2D eigenvalue weighted by molar-refractivity contribution is 7.13. The lowest BCUT2D eigenvalue weighted by Crippen LogP contribution is -2.46. The molecule has 0 amide bonds. The van der Waals surface area contributed by atoms with Crippen LogP contribution in [0.4, 0.5) is 5.13 Å². The van der Waals surface area contributed by atoms with Crippen LogP contribution < -0.4 is 4.90 Å². The molecular formula is C16H17N5OS. The number of rotatable bonds is 4. The maximum atomic E-state index is 5.78. The second-order valence-corrected chi connectivity index (χ2v) is 6.32. The van der Waals surface area contributed by atoms with E-state index in [9.17, 15) is 0 Å². The molecule has 0 saturated carbocycles. The van der Waals surface area contributed by atoms with Crippen LogP contribution in [0.15, 0.2) is 46.3 Å². The van der Waals surface area contributed by atoms with E-state index in [4.69, 9.17) is 4.42 Å². The van der Waals surface area contributed by atoms with Crippen molar-refractivity contribution >= 4 is 16.5 Å². The largest absolute Gasteiger partial charge is 0.419 e. The fourth-order valence-corrected chi connectivity index (χ4v) is 3.37. The Kier molecular flexibility index (Phi) is 4.04. The summed E-state index contributed by atoms with van der Waals surface area (Å²) < 4.78 is 5.78. The van der Waals surface area contributed by atoms with Crippen LogP contribution in [0.5, 0.6) is 0 Å². The zero-order valence-electron chi connectivity index (χ0n) is 12.6. The normalized spacial score (nSPS) is 15.9. The van der Waals surface area contributed by atoms with Crippen molar-refractivity contribution in [3.05, 3.63) is 47.8 Å². The molecule has 1 fully saturated rings. The third-order valence-corrected chi connectivity index (χ3v) is 4.74. The molecule has 0 bridgehead atoms. The molecule has 2 aromatic heterocycles. The second kappa shape index (κ2) is 6.47. The van der Waals surface area contributed by atoms with Gasteiger partial charge in [-0.2, -0.15) is 0 Å². The first kappa shape index (κ1) is 14.3. The molecule has 0 radical (unpaired) electrons. The quantitative estimate of drug-likeness (QED) is 0.734. The number of anilines is 1. The van der Waals surface area contributed by atoms with Gasteiger partial charge in [-0.3, -0.25) is 4.90 Å². The third-order valence-electron chi connectivity index (χ3n) is 3.91. The Bertz CT molecular complexity index is 735. The Balaban J connectivity index is 1.36. The molecule has 3 heterocycles. The smallest absolute Gasteiger partial charge is 0.247 e. The van der Waals surface area contributed by atoms with Crippen LogP contribution in [0.2, 0.25) is 0 Å². The highest BCUT2D eigenvalue weighted by Gasteiger charge is 2.20. The van der Waals surface area contributed by atoms with Gasteiger partial charge in [-0.25, -0.2) is 4.98 Å². The summed E-state index contributed by atoms with van der Waals surface area (Å²) >= 11 is 1.69. The van der Waals surface area contributed by atoms with Gasteiger partial charge in [0.1, 0.15) is 0 Å². The van der Waals surface area contributed by atoms with Crippen LogP contribution >= 0.6 is 11.3 Å². The SMILES string of the molecule is c1ccc(-c2nnc(CN3CCN(c4nccs4)CC3)o2)cc1. The van der Waals surface area contributed by atoms with Crippen molar-refractivity contribution in [1.82, 2.24) is 20.1 Å². The minimum Gasteiger partial charge on any atom is -0.419 e. The molecule has 4 rings (SSSR count). The Morgan fingerprint density at radius 3 is 2.61 bits per heavy atom. The van der Waals surface area contributed by atoms with Gasteiger partial charge < -0.3 is 9.32 Å². The van der Waals surface area contributed by atoms with Crippen LogP contribution in [0.3, 0.4) is 0 Å². The fraction of sp³-hybridized carbons (Fsp3) is 0.312. The number of piperazine rings is 1. The second-order valence-electron chi connectivity index (χ2n) is 5.44. The summed E-state index contributed by atoms with van der Waals surface area (Å²) in [7, 11) is 0. The van der Waals surface area contributed by atoms with Gasteiger partial charge >= 0.3 is 0 Å². The van der Waals surface area contributed by atoms with Gasteiger partial charge in [0, 0.05) is 43.3 Å². The lowest BCUT2D eigenvalue weighted by molar-refractivity contribution is 0.227. The average molecular weight is 327 g/mol. The Morgan fingerprint density at radius 1 is 1.04 bits per heavy atom. The van der Waals surface area contributed by atoms with E-state index >= 15 is 0 Å². The Morgan fingerprint density at radius 2 is 1.87 bits per heavy atom. The van der Waals surface area contributed by atoms with Gasteiger partial charge in [-0.15, -0.1) is 21.5 Å². The van der Waals surface area contributed by atoms with Gasteiger partial charge in [-0.1, -0.05) is 18.2 Å². The molecule has 1 aliphatic rings. The molecule has 1 saturated heterocycles. The lowest BCUT2D eigenvalue weighted by atomic mass is 10.2. The van der Waals surface area contributed by atoms with Crippen molar-refractivity contribution in [3.8, 4) is 11.5 Å². The van der Waals surface area contributed by atoms with Gasteiger partial charge in [0.25, 0.3) is 0 Å². The summed E-state index contributed by atoms with van der Waals surface area (Å²) in [5, 5.41) is 11.4. The summed E-state index contributed by atoms with van der Waals surface area (Å²) in [5.74, 6) is 1.26. The van der Waals surface area contributed by atoms with Crippen molar-refractivity contribution in [2.24, 2.45) is 0 Å². The molecule has 1 aromatic carbocycles. The zero-order chi connectivity index (χ0) is 15.5. The molecule has 1 aliphatic heterocycles. The first-order valence-corrected chi connectivity index (χ1v) is 8.51. The minimum atomic E-state index is 0.585. The van der Waals surface area contributed by atoms with Crippen molar-refractivity contribution in [1.29, 1.82) is 0 Å². The summed E-state index contributed by atoms with van der Waals surface area (Å²) in [6.45, 7) is 4.61. The van der Waals surface area contributed by atoms with Crippen LogP contribution in [-0.2, 0) is 6.54 Å². The molecule has 0 spiro atoms. The highest BCUT2D eigenvalue weighted by atomic mass is 32.1. The van der Waals surface area contributed by atoms with Gasteiger partial charge in [0.2, 0.25) is 11.8 Å². The molecule has 6 nitrogen and oxygen atoms in total. The monoisotopic (exact) mass is 327 g/mol. The van der Waals surface area contributed by atoms with Crippen LogP contribution in [0.25, 0.3) is 11.5 Å². The predicted octanol–water partition coefficient (Wildman–Crippen LogP) is 2.52. The molecule has 7 heteroatoms. The zero-order valence-corrected chi connectivity index (χ0v) is 13.4. The summed E-state index contributed by atoms with van der Waals surface area (Å²) in [5.41, 5.74) is 0.958. The number of nitrogens with zero attached hydrogens (tertiary/aromatic N) is 5. The number of aromatic nitrogens is 3. The number of hydrogen-bond donors (Lipinski definition) is 0. The molecular weight excluding hydrogens is 310 g/mol. The van der Waals surface area contributed by atoms with Crippen LogP contribution in [0.1, 0.15) is 5.89 Å². The van der Waals surface area contributed by atoms with Crippen LogP contribution in [-0.4, -0.2) is 46.3 Å². The van der Waals surface area contributed by atoms with E-state index in [-0.39, 0.29) is 0 Å². The van der Waals surface area contributed by atoms with E-state index in [2.05, 4.69) is 25.0 Å². The van der Waals surface area contributed by atoms with E-state index in [1.165, 1.54) is 0 Å². The average Bonchev–Trinajstić information content (AvgIpc) is 3.28. The van der Waals surface area contributed by atoms with Crippen molar-refractivity contribution in [2.75, 3.05) is 31.1 Å².